The lowest BCUT2D eigenvalue weighted by Crippen LogP contribution is -2.36. The van der Waals surface area contributed by atoms with Crippen molar-refractivity contribution in [2.75, 3.05) is 18.6 Å². The number of rotatable bonds is 10. The minimum Gasteiger partial charge on any atom is -0.494 e. The van der Waals surface area contributed by atoms with E-state index in [1.54, 1.807) is 76.6 Å². The SMILES string of the molecule is CN(C(=O)OC(C)(C)C)c1ccc(C2(C(=O)COc3ccc(Cc4sc(=O)[nH]c4O)cc3)C=CC=N2)c(Sc2ccccn2)c1. The molecule has 0 aliphatic carbocycles. The van der Waals surface area contributed by atoms with E-state index >= 15 is 0 Å². The monoisotopic (exact) mass is 644 g/mol. The fourth-order valence-electron chi connectivity index (χ4n) is 4.56. The number of nitrogens with zero attached hydrogens (tertiary/aromatic N) is 3. The third-order valence-corrected chi connectivity index (χ3v) is 8.65. The summed E-state index contributed by atoms with van der Waals surface area (Å²) >= 11 is 2.32. The number of aromatic hydroxyl groups is 1. The second-order valence-corrected chi connectivity index (χ2v) is 13.3. The van der Waals surface area contributed by atoms with Gasteiger partial charge in [0.25, 0.3) is 0 Å². The molecule has 0 saturated carbocycles. The number of amides is 1. The normalized spacial score (nSPS) is 15.6. The number of aromatic amines is 1. The Morgan fingerprint density at radius 2 is 1.89 bits per heavy atom. The van der Waals surface area contributed by atoms with Crippen LogP contribution in [-0.2, 0) is 21.5 Å². The molecule has 10 nitrogen and oxygen atoms in total. The van der Waals surface area contributed by atoms with Crippen molar-refractivity contribution in [1.29, 1.82) is 0 Å². The maximum atomic E-state index is 13.9. The van der Waals surface area contributed by atoms with E-state index in [-0.39, 0.29) is 23.1 Å². The van der Waals surface area contributed by atoms with Crippen LogP contribution in [0.3, 0.4) is 0 Å². The van der Waals surface area contributed by atoms with Gasteiger partial charge in [0.05, 0.1) is 4.88 Å². The quantitative estimate of drug-likeness (QED) is 0.211. The summed E-state index contributed by atoms with van der Waals surface area (Å²) in [5, 5.41) is 10.6. The van der Waals surface area contributed by atoms with Crippen LogP contribution in [0.25, 0.3) is 0 Å². The molecule has 0 radical (unpaired) electrons. The molecular formula is C33H32N4O6S2. The molecule has 0 bridgehead atoms. The van der Waals surface area contributed by atoms with E-state index in [1.807, 2.05) is 36.4 Å². The number of aromatic nitrogens is 2. The maximum Gasteiger partial charge on any atom is 0.414 e. The van der Waals surface area contributed by atoms with Crippen LogP contribution < -0.4 is 14.5 Å². The highest BCUT2D eigenvalue weighted by atomic mass is 32.2. The molecule has 45 heavy (non-hydrogen) atoms. The lowest BCUT2D eigenvalue weighted by Gasteiger charge is -2.28. The first-order valence-electron chi connectivity index (χ1n) is 14.0. The minimum atomic E-state index is -1.34. The standard InChI is InChI=1S/C33H32N4O6S2/c1-32(2,3)43-31(41)37(4)22-11-14-24(25(19-22)44-28-8-5-6-16-34-28)33(15-7-17-35-33)27(38)20-42-23-12-9-21(10-13-23)18-26-29(39)36-30(40)45-26/h5-17,19,39H,18,20H2,1-4H3,(H,36,40). The van der Waals surface area contributed by atoms with Gasteiger partial charge in [0.2, 0.25) is 11.7 Å². The zero-order chi connectivity index (χ0) is 32.2. The number of allylic oxidation sites excluding steroid dienone is 1. The molecule has 5 rings (SSSR count). The smallest absolute Gasteiger partial charge is 0.414 e. The van der Waals surface area contributed by atoms with Crippen molar-refractivity contribution < 1.29 is 24.2 Å². The molecule has 2 N–H and O–H groups in total. The van der Waals surface area contributed by atoms with Crippen LogP contribution in [0.1, 0.15) is 36.8 Å². The Labute approximate surface area is 268 Å². The third-order valence-electron chi connectivity index (χ3n) is 6.77. The lowest BCUT2D eigenvalue weighted by atomic mass is 9.86. The van der Waals surface area contributed by atoms with Gasteiger partial charge in [-0.25, -0.2) is 9.78 Å². The fourth-order valence-corrected chi connectivity index (χ4v) is 6.31. The van der Waals surface area contributed by atoms with E-state index in [1.165, 1.54) is 16.7 Å². The molecule has 2 aromatic heterocycles. The second-order valence-electron chi connectivity index (χ2n) is 11.2. The zero-order valence-corrected chi connectivity index (χ0v) is 26.8. The van der Waals surface area contributed by atoms with Crippen molar-refractivity contribution in [2.24, 2.45) is 4.99 Å². The van der Waals surface area contributed by atoms with Crippen molar-refractivity contribution in [3.05, 3.63) is 105 Å². The summed E-state index contributed by atoms with van der Waals surface area (Å²) in [7, 11) is 1.63. The number of ether oxygens (including phenoxy) is 2. The number of H-pyrrole nitrogens is 1. The molecule has 1 aliphatic rings. The third kappa shape index (κ3) is 7.52. The van der Waals surface area contributed by atoms with Gasteiger partial charge in [0.1, 0.15) is 23.0 Å². The van der Waals surface area contributed by atoms with Gasteiger partial charge in [-0.2, -0.15) is 0 Å². The van der Waals surface area contributed by atoms with Crippen LogP contribution in [0.15, 0.2) is 98.7 Å². The van der Waals surface area contributed by atoms with Gasteiger partial charge in [0.15, 0.2) is 5.54 Å². The summed E-state index contributed by atoms with van der Waals surface area (Å²) < 4.78 is 11.5. The van der Waals surface area contributed by atoms with Gasteiger partial charge in [-0.05, 0) is 74.9 Å². The van der Waals surface area contributed by atoms with Crippen molar-refractivity contribution in [2.45, 2.75) is 48.3 Å². The van der Waals surface area contributed by atoms with Gasteiger partial charge in [-0.3, -0.25) is 24.5 Å². The molecule has 0 saturated heterocycles. The second kappa shape index (κ2) is 13.1. The Hall–Kier alpha value is -4.68. The highest BCUT2D eigenvalue weighted by molar-refractivity contribution is 7.99. The average molecular weight is 645 g/mol. The average Bonchev–Trinajstić information content (AvgIpc) is 3.62. The Morgan fingerprint density at radius 1 is 1.11 bits per heavy atom. The van der Waals surface area contributed by atoms with Crippen molar-refractivity contribution in [1.82, 2.24) is 9.97 Å². The molecule has 12 heteroatoms. The number of ketones is 1. The Balaban J connectivity index is 1.39. The highest BCUT2D eigenvalue weighted by Gasteiger charge is 2.41. The summed E-state index contributed by atoms with van der Waals surface area (Å²) in [5.74, 6) is 0.0725. The van der Waals surface area contributed by atoms with Crippen LogP contribution in [0.2, 0.25) is 0 Å². The molecule has 4 aromatic rings. The van der Waals surface area contributed by atoms with Crippen molar-refractivity contribution in [3.63, 3.8) is 0 Å². The van der Waals surface area contributed by atoms with Crippen LogP contribution in [0.5, 0.6) is 11.6 Å². The molecule has 0 spiro atoms. The van der Waals surface area contributed by atoms with Crippen molar-refractivity contribution >= 4 is 46.9 Å². The number of hydrogen-bond donors (Lipinski definition) is 2. The largest absolute Gasteiger partial charge is 0.494 e. The van der Waals surface area contributed by atoms with E-state index in [4.69, 9.17) is 9.47 Å². The lowest BCUT2D eigenvalue weighted by molar-refractivity contribution is -0.124. The number of pyridine rings is 1. The van der Waals surface area contributed by atoms with Crippen LogP contribution in [-0.4, -0.2) is 52.4 Å². The molecule has 1 unspecified atom stereocenters. The number of nitrogens with one attached hydrogen (secondary N) is 1. The maximum absolute atomic E-state index is 13.9. The number of thiazole rings is 1. The number of carbonyl (C=O) groups is 2. The van der Waals surface area contributed by atoms with Gasteiger partial charge in [0, 0.05) is 42.0 Å². The number of hydrogen-bond acceptors (Lipinski definition) is 10. The van der Waals surface area contributed by atoms with Crippen LogP contribution in [0, 0.1) is 0 Å². The molecule has 0 fully saturated rings. The predicted octanol–water partition coefficient (Wildman–Crippen LogP) is 6.13. The minimum absolute atomic E-state index is 0.128. The van der Waals surface area contributed by atoms with E-state index in [0.29, 0.717) is 38.2 Å². The van der Waals surface area contributed by atoms with Gasteiger partial charge < -0.3 is 14.6 Å². The summed E-state index contributed by atoms with van der Waals surface area (Å²) in [6, 6.07) is 18.1. The first-order valence-corrected chi connectivity index (χ1v) is 15.7. The van der Waals surface area contributed by atoms with Crippen LogP contribution >= 0.6 is 23.1 Å². The highest BCUT2D eigenvalue weighted by Crippen LogP contribution is 2.42. The van der Waals surface area contributed by atoms with E-state index < -0.39 is 17.2 Å². The Kier molecular flexibility index (Phi) is 9.26. The van der Waals surface area contributed by atoms with Gasteiger partial charge in [-0.15, -0.1) is 0 Å². The molecule has 1 atom stereocenters. The fraction of sp³-hybridized carbons (Fsp3) is 0.242. The first kappa shape index (κ1) is 31.7. The number of anilines is 1. The zero-order valence-electron chi connectivity index (χ0n) is 25.1. The molecule has 2 aromatic carbocycles. The Bertz CT molecular complexity index is 1800. The van der Waals surface area contributed by atoms with Crippen molar-refractivity contribution in [3.8, 4) is 11.6 Å². The molecule has 3 heterocycles. The number of benzene rings is 2. The molecule has 1 aliphatic heterocycles. The Morgan fingerprint density at radius 3 is 2.51 bits per heavy atom. The number of carbonyl (C=O) groups excluding carboxylic acids is 2. The molecule has 1 amide bonds. The molecule has 232 valence electrons. The summed E-state index contributed by atoms with van der Waals surface area (Å²) in [5.41, 5.74) is 0.0651. The summed E-state index contributed by atoms with van der Waals surface area (Å²) in [4.78, 5) is 52.0. The summed E-state index contributed by atoms with van der Waals surface area (Å²) in [6.07, 6.45) is 6.63. The first-order chi connectivity index (χ1) is 21.4. The molecular weight excluding hydrogens is 613 g/mol. The van der Waals surface area contributed by atoms with Gasteiger partial charge in [-0.1, -0.05) is 47.4 Å². The topological polar surface area (TPSA) is 134 Å². The predicted molar refractivity (Wildman–Crippen MR) is 175 cm³/mol. The van der Waals surface area contributed by atoms with E-state index in [9.17, 15) is 19.5 Å². The van der Waals surface area contributed by atoms with Crippen LogP contribution in [0.4, 0.5) is 10.5 Å². The summed E-state index contributed by atoms with van der Waals surface area (Å²) in [6.45, 7) is 5.16. The van der Waals surface area contributed by atoms with E-state index in [2.05, 4.69) is 15.0 Å². The number of aliphatic imine (C=N–C) groups is 1. The number of Topliss-reactive ketones (excluding diaryl/α,β-unsaturated/α-hetero) is 1. The van der Waals surface area contributed by atoms with E-state index in [0.717, 1.165) is 16.9 Å². The van der Waals surface area contributed by atoms with Gasteiger partial charge >= 0.3 is 11.0 Å².